The van der Waals surface area contributed by atoms with Gasteiger partial charge in [-0.3, -0.25) is 4.90 Å². The van der Waals surface area contributed by atoms with E-state index in [1.807, 2.05) is 0 Å². The lowest BCUT2D eigenvalue weighted by Crippen LogP contribution is -2.53. The van der Waals surface area contributed by atoms with Crippen molar-refractivity contribution >= 4 is 23.8 Å². The Morgan fingerprint density at radius 1 is 0.903 bits per heavy atom. The zero-order valence-corrected chi connectivity index (χ0v) is 17.5. The molecule has 9 heteroatoms. The Morgan fingerprint density at radius 3 is 2.00 bits per heavy atom. The van der Waals surface area contributed by atoms with Gasteiger partial charge in [-0.25, -0.2) is 14.4 Å². The van der Waals surface area contributed by atoms with Gasteiger partial charge >= 0.3 is 18.1 Å². The number of nitrogens with zero attached hydrogens (tertiary/aromatic N) is 3. The molecule has 3 rings (SSSR count). The molecule has 2 aromatic carbocycles. The number of rotatable bonds is 5. The number of hydrogen-bond donors (Lipinski definition) is 1. The summed E-state index contributed by atoms with van der Waals surface area (Å²) in [5, 5.41) is 9.14. The van der Waals surface area contributed by atoms with E-state index < -0.39 is 12.1 Å². The van der Waals surface area contributed by atoms with Crippen LogP contribution in [0.4, 0.5) is 15.3 Å². The molecule has 31 heavy (non-hydrogen) atoms. The molecule has 3 amide bonds. The quantitative estimate of drug-likeness (QED) is 0.737. The van der Waals surface area contributed by atoms with Crippen molar-refractivity contribution in [3.05, 3.63) is 59.7 Å². The molecule has 1 aliphatic heterocycles. The number of piperazine rings is 1. The van der Waals surface area contributed by atoms with Crippen molar-refractivity contribution in [1.82, 2.24) is 9.80 Å². The Kier molecular flexibility index (Phi) is 6.96. The van der Waals surface area contributed by atoms with Gasteiger partial charge in [0.2, 0.25) is 0 Å². The van der Waals surface area contributed by atoms with E-state index in [0.29, 0.717) is 30.1 Å². The molecule has 1 aliphatic rings. The smallest absolute Gasteiger partial charge is 0.407 e. The number of methoxy groups -OCH3 is 2. The van der Waals surface area contributed by atoms with Gasteiger partial charge in [-0.1, -0.05) is 12.1 Å². The Hall–Kier alpha value is -3.75. The predicted octanol–water partition coefficient (Wildman–Crippen LogP) is 2.90. The Bertz CT molecular complexity index is 921. The first kappa shape index (κ1) is 21.9. The van der Waals surface area contributed by atoms with Gasteiger partial charge in [-0.2, -0.15) is 0 Å². The first-order chi connectivity index (χ1) is 14.9. The minimum Gasteiger partial charge on any atom is -0.497 e. The maximum atomic E-state index is 13.3. The zero-order valence-electron chi connectivity index (χ0n) is 17.5. The minimum atomic E-state index is -0.982. The van der Waals surface area contributed by atoms with Crippen LogP contribution in [0.3, 0.4) is 0 Å². The van der Waals surface area contributed by atoms with E-state index in [0.717, 1.165) is 5.56 Å². The van der Waals surface area contributed by atoms with Crippen molar-refractivity contribution in [3.63, 3.8) is 0 Å². The maximum Gasteiger partial charge on any atom is 0.407 e. The predicted molar refractivity (Wildman–Crippen MR) is 114 cm³/mol. The standard InChI is InChI=1S/C22H25N3O6/c1-30-19-9-7-18(8-10-19)25(15-16-3-5-17(6-4-16)20(26)31-2)21(27)23-11-13-24(14-12-23)22(28)29/h3-10H,11-15H2,1-2H3,(H,28,29). The molecular formula is C22H25N3O6. The maximum absolute atomic E-state index is 13.3. The summed E-state index contributed by atoms with van der Waals surface area (Å²) in [4.78, 5) is 40.7. The van der Waals surface area contributed by atoms with E-state index in [1.54, 1.807) is 65.4 Å². The van der Waals surface area contributed by atoms with Crippen LogP contribution in [0.2, 0.25) is 0 Å². The summed E-state index contributed by atoms with van der Waals surface area (Å²) < 4.78 is 9.93. The van der Waals surface area contributed by atoms with E-state index >= 15 is 0 Å². The van der Waals surface area contributed by atoms with Crippen LogP contribution in [-0.4, -0.2) is 73.4 Å². The summed E-state index contributed by atoms with van der Waals surface area (Å²) in [6.45, 7) is 1.46. The van der Waals surface area contributed by atoms with Gasteiger partial charge < -0.3 is 24.4 Å². The van der Waals surface area contributed by atoms with Crippen molar-refractivity contribution in [2.75, 3.05) is 45.3 Å². The van der Waals surface area contributed by atoms with Crippen LogP contribution in [0.25, 0.3) is 0 Å². The van der Waals surface area contributed by atoms with E-state index in [9.17, 15) is 14.4 Å². The highest BCUT2D eigenvalue weighted by molar-refractivity contribution is 5.92. The van der Waals surface area contributed by atoms with Crippen molar-refractivity contribution in [2.45, 2.75) is 6.54 Å². The summed E-state index contributed by atoms with van der Waals surface area (Å²) in [5.41, 5.74) is 1.95. The molecule has 0 spiro atoms. The first-order valence-electron chi connectivity index (χ1n) is 9.78. The Labute approximate surface area is 180 Å². The van der Waals surface area contributed by atoms with Crippen molar-refractivity contribution in [3.8, 4) is 5.75 Å². The van der Waals surface area contributed by atoms with Crippen LogP contribution in [0.15, 0.2) is 48.5 Å². The molecule has 2 aromatic rings. The van der Waals surface area contributed by atoms with Gasteiger partial charge in [-0.05, 0) is 42.0 Å². The molecule has 9 nitrogen and oxygen atoms in total. The van der Waals surface area contributed by atoms with Crippen molar-refractivity contribution < 1.29 is 29.0 Å². The lowest BCUT2D eigenvalue weighted by atomic mass is 10.1. The van der Waals surface area contributed by atoms with Gasteiger partial charge in [0, 0.05) is 31.9 Å². The molecule has 1 saturated heterocycles. The summed E-state index contributed by atoms with van der Waals surface area (Å²) in [6.07, 6.45) is -0.982. The second-order valence-corrected chi connectivity index (χ2v) is 7.01. The molecule has 0 aromatic heterocycles. The van der Waals surface area contributed by atoms with Crippen LogP contribution < -0.4 is 9.64 Å². The second-order valence-electron chi connectivity index (χ2n) is 7.01. The molecule has 0 radical (unpaired) electrons. The molecule has 164 valence electrons. The Morgan fingerprint density at radius 2 is 1.48 bits per heavy atom. The van der Waals surface area contributed by atoms with Gasteiger partial charge in [-0.15, -0.1) is 0 Å². The highest BCUT2D eigenvalue weighted by atomic mass is 16.5. The van der Waals surface area contributed by atoms with Gasteiger partial charge in [0.05, 0.1) is 26.3 Å². The average Bonchev–Trinajstić information content (AvgIpc) is 2.82. The van der Waals surface area contributed by atoms with Crippen LogP contribution >= 0.6 is 0 Å². The molecule has 1 fully saturated rings. The molecule has 0 unspecified atom stereocenters. The number of benzene rings is 2. The number of carbonyl (C=O) groups is 3. The molecule has 0 saturated carbocycles. The number of ether oxygens (including phenoxy) is 2. The van der Waals surface area contributed by atoms with Gasteiger partial charge in [0.1, 0.15) is 5.75 Å². The highest BCUT2D eigenvalue weighted by Crippen LogP contribution is 2.23. The number of hydrogen-bond acceptors (Lipinski definition) is 5. The third-order valence-corrected chi connectivity index (χ3v) is 5.15. The monoisotopic (exact) mass is 427 g/mol. The molecule has 0 atom stereocenters. The minimum absolute atomic E-state index is 0.216. The van der Waals surface area contributed by atoms with Crippen LogP contribution in [0.5, 0.6) is 5.75 Å². The number of carboxylic acid groups (broad SMARTS) is 1. The van der Waals surface area contributed by atoms with E-state index in [4.69, 9.17) is 14.6 Å². The van der Waals surface area contributed by atoms with Crippen LogP contribution in [0, 0.1) is 0 Å². The van der Waals surface area contributed by atoms with E-state index in [2.05, 4.69) is 0 Å². The fourth-order valence-electron chi connectivity index (χ4n) is 3.34. The third kappa shape index (κ3) is 5.25. The number of anilines is 1. The summed E-state index contributed by atoms with van der Waals surface area (Å²) in [5.74, 6) is 0.250. The SMILES string of the molecule is COC(=O)c1ccc(CN(C(=O)N2CCN(C(=O)O)CC2)c2ccc(OC)cc2)cc1. The second kappa shape index (κ2) is 9.84. The average molecular weight is 427 g/mol. The lowest BCUT2D eigenvalue weighted by Gasteiger charge is -2.36. The zero-order chi connectivity index (χ0) is 22.4. The number of urea groups is 1. The van der Waals surface area contributed by atoms with E-state index in [-0.39, 0.29) is 25.7 Å². The summed E-state index contributed by atoms with van der Waals surface area (Å²) in [7, 11) is 2.90. The highest BCUT2D eigenvalue weighted by Gasteiger charge is 2.28. The van der Waals surface area contributed by atoms with E-state index in [1.165, 1.54) is 12.0 Å². The summed E-state index contributed by atoms with van der Waals surface area (Å²) in [6, 6.07) is 13.8. The summed E-state index contributed by atoms with van der Waals surface area (Å²) >= 11 is 0. The fourth-order valence-corrected chi connectivity index (χ4v) is 3.34. The number of esters is 1. The largest absolute Gasteiger partial charge is 0.497 e. The van der Waals surface area contributed by atoms with Gasteiger partial charge in [0.25, 0.3) is 0 Å². The Balaban J connectivity index is 1.81. The first-order valence-corrected chi connectivity index (χ1v) is 9.78. The fraction of sp³-hybridized carbons (Fsp3) is 0.318. The lowest BCUT2D eigenvalue weighted by molar-refractivity contribution is 0.0600. The molecule has 0 bridgehead atoms. The molecular weight excluding hydrogens is 402 g/mol. The topological polar surface area (TPSA) is 99.6 Å². The molecule has 0 aliphatic carbocycles. The van der Waals surface area contributed by atoms with Gasteiger partial charge in [0.15, 0.2) is 0 Å². The van der Waals surface area contributed by atoms with Crippen LogP contribution in [0.1, 0.15) is 15.9 Å². The number of amides is 3. The normalized spacial score (nSPS) is 13.5. The van der Waals surface area contributed by atoms with Crippen molar-refractivity contribution in [2.24, 2.45) is 0 Å². The van der Waals surface area contributed by atoms with Crippen LogP contribution in [-0.2, 0) is 11.3 Å². The molecule has 1 N–H and O–H groups in total. The third-order valence-electron chi connectivity index (χ3n) is 5.15. The molecule has 1 heterocycles. The van der Waals surface area contributed by atoms with Crippen molar-refractivity contribution in [1.29, 1.82) is 0 Å². The number of carbonyl (C=O) groups excluding carboxylic acids is 2.